The number of rotatable bonds is 6. The summed E-state index contributed by atoms with van der Waals surface area (Å²) < 4.78 is 5.45. The Morgan fingerprint density at radius 1 is 1.46 bits per heavy atom. The fraction of sp³-hybridized carbons (Fsp3) is 0.421. The molecule has 1 aromatic carbocycles. The lowest BCUT2D eigenvalue weighted by molar-refractivity contribution is 0.120. The van der Waals surface area contributed by atoms with Gasteiger partial charge in [-0.05, 0) is 49.4 Å². The molecule has 0 bridgehead atoms. The van der Waals surface area contributed by atoms with Crippen LogP contribution in [0, 0.1) is 11.3 Å². The molecule has 0 aliphatic carbocycles. The van der Waals surface area contributed by atoms with E-state index in [0.717, 1.165) is 48.5 Å². The average Bonchev–Trinajstić information content (AvgIpc) is 3.27. The first kappa shape index (κ1) is 17.0. The van der Waals surface area contributed by atoms with E-state index in [9.17, 15) is 5.11 Å². The van der Waals surface area contributed by atoms with Gasteiger partial charge in [0.2, 0.25) is 0 Å². The zero-order valence-electron chi connectivity index (χ0n) is 13.8. The van der Waals surface area contributed by atoms with E-state index >= 15 is 0 Å². The van der Waals surface area contributed by atoms with E-state index in [1.807, 2.05) is 29.6 Å². The number of benzene rings is 1. The zero-order valence-corrected chi connectivity index (χ0v) is 14.6. The van der Waals surface area contributed by atoms with E-state index in [-0.39, 0.29) is 0 Å². The number of nitrogens with zero attached hydrogens (tertiary/aromatic N) is 2. The largest absolute Gasteiger partial charge is 0.496 e. The molecule has 1 aliphatic rings. The van der Waals surface area contributed by atoms with Gasteiger partial charge < -0.3 is 9.84 Å². The van der Waals surface area contributed by atoms with Gasteiger partial charge in [0.1, 0.15) is 5.75 Å². The first-order chi connectivity index (χ1) is 11.7. The van der Waals surface area contributed by atoms with Crippen molar-refractivity contribution in [3.8, 4) is 11.8 Å². The van der Waals surface area contributed by atoms with Crippen molar-refractivity contribution in [1.29, 1.82) is 5.26 Å². The van der Waals surface area contributed by atoms with Gasteiger partial charge in [-0.25, -0.2) is 0 Å². The molecule has 2 unspecified atom stereocenters. The second-order valence-corrected chi connectivity index (χ2v) is 7.15. The van der Waals surface area contributed by atoms with Crippen molar-refractivity contribution >= 4 is 11.3 Å². The number of nitriles is 1. The molecule has 4 nitrogen and oxygen atoms in total. The van der Waals surface area contributed by atoms with Crippen LogP contribution in [0.1, 0.15) is 41.4 Å². The highest BCUT2D eigenvalue weighted by Gasteiger charge is 2.28. The number of hydrogen-bond donors (Lipinski definition) is 1. The van der Waals surface area contributed by atoms with Crippen molar-refractivity contribution in [3.63, 3.8) is 0 Å². The van der Waals surface area contributed by atoms with Crippen molar-refractivity contribution < 1.29 is 9.84 Å². The molecule has 1 aromatic heterocycles. The van der Waals surface area contributed by atoms with E-state index < -0.39 is 6.10 Å². The van der Waals surface area contributed by atoms with Gasteiger partial charge in [-0.2, -0.15) is 5.26 Å². The number of ether oxygens (including phenoxy) is 1. The molecule has 3 rings (SSSR count). The summed E-state index contributed by atoms with van der Waals surface area (Å²) in [7, 11) is 1.64. The highest BCUT2D eigenvalue weighted by Crippen LogP contribution is 2.32. The molecule has 1 saturated heterocycles. The normalized spacial score (nSPS) is 19.1. The van der Waals surface area contributed by atoms with Crippen molar-refractivity contribution in [3.05, 3.63) is 51.7 Å². The number of methoxy groups -OCH3 is 1. The predicted molar refractivity (Wildman–Crippen MR) is 95.0 cm³/mol. The third kappa shape index (κ3) is 3.78. The van der Waals surface area contributed by atoms with Crippen molar-refractivity contribution in [2.45, 2.75) is 38.0 Å². The summed E-state index contributed by atoms with van der Waals surface area (Å²) in [4.78, 5) is 3.46. The van der Waals surface area contributed by atoms with Crippen LogP contribution in [0.4, 0.5) is 0 Å². The molecule has 2 atom stereocenters. The van der Waals surface area contributed by atoms with Gasteiger partial charge >= 0.3 is 0 Å². The molecule has 0 saturated carbocycles. The molecule has 0 spiro atoms. The molecular formula is C19H22N2O2S. The Morgan fingerprint density at radius 2 is 2.33 bits per heavy atom. The van der Waals surface area contributed by atoms with E-state index in [4.69, 9.17) is 10.00 Å². The van der Waals surface area contributed by atoms with E-state index in [1.54, 1.807) is 24.5 Å². The van der Waals surface area contributed by atoms with Gasteiger partial charge in [0, 0.05) is 23.0 Å². The molecule has 1 aliphatic heterocycles. The van der Waals surface area contributed by atoms with Crippen LogP contribution in [0.25, 0.3) is 0 Å². The summed E-state index contributed by atoms with van der Waals surface area (Å²) in [6, 6.07) is 12.1. The van der Waals surface area contributed by atoms with Crippen LogP contribution >= 0.6 is 11.3 Å². The summed E-state index contributed by atoms with van der Waals surface area (Å²) >= 11 is 1.61. The third-order valence-corrected chi connectivity index (χ3v) is 5.63. The first-order valence-corrected chi connectivity index (χ1v) is 9.11. The van der Waals surface area contributed by atoms with Gasteiger partial charge in [0.15, 0.2) is 0 Å². The van der Waals surface area contributed by atoms with E-state index in [0.29, 0.717) is 11.6 Å². The minimum Gasteiger partial charge on any atom is -0.496 e. The Kier molecular flexibility index (Phi) is 5.52. The van der Waals surface area contributed by atoms with E-state index in [1.165, 1.54) is 0 Å². The molecule has 2 heterocycles. The standard InChI is InChI=1S/C19H22N2O2S/c1-23-18-10-14(12-20)6-7-15(18)13-21-8-2-4-16(21)11-17(22)19-5-3-9-24-19/h3,5-7,9-10,16-17,22H,2,4,8,11,13H2,1H3. The molecule has 0 radical (unpaired) electrons. The SMILES string of the molecule is COc1cc(C#N)ccc1CN1CCCC1CC(O)c1cccs1. The summed E-state index contributed by atoms with van der Waals surface area (Å²) in [6.07, 6.45) is 2.64. The van der Waals surface area contributed by atoms with Gasteiger partial charge in [-0.3, -0.25) is 4.90 Å². The van der Waals surface area contributed by atoms with Crippen LogP contribution < -0.4 is 4.74 Å². The number of likely N-dealkylation sites (tertiary alicyclic amines) is 1. The minimum atomic E-state index is -0.390. The highest BCUT2D eigenvalue weighted by atomic mass is 32.1. The summed E-state index contributed by atoms with van der Waals surface area (Å²) in [5.74, 6) is 0.763. The predicted octanol–water partition coefficient (Wildman–Crippen LogP) is 3.72. The molecular weight excluding hydrogens is 320 g/mol. The van der Waals surface area contributed by atoms with Gasteiger partial charge in [0.05, 0.1) is 24.8 Å². The lowest BCUT2D eigenvalue weighted by atomic mass is 10.0. The number of thiophene rings is 1. The van der Waals surface area contributed by atoms with Gasteiger partial charge in [-0.1, -0.05) is 12.1 Å². The topological polar surface area (TPSA) is 56.5 Å². The second kappa shape index (κ2) is 7.80. The van der Waals surface area contributed by atoms with E-state index in [2.05, 4.69) is 11.0 Å². The maximum absolute atomic E-state index is 10.4. The van der Waals surface area contributed by atoms with Crippen molar-refractivity contribution in [1.82, 2.24) is 4.90 Å². The Hall–Kier alpha value is -1.87. The quantitative estimate of drug-likeness (QED) is 0.869. The van der Waals surface area contributed by atoms with Crippen LogP contribution in [0.3, 0.4) is 0 Å². The summed E-state index contributed by atoms with van der Waals surface area (Å²) in [6.45, 7) is 1.82. The van der Waals surface area contributed by atoms with Gasteiger partial charge in [-0.15, -0.1) is 11.3 Å². The lowest BCUT2D eigenvalue weighted by Gasteiger charge is -2.27. The monoisotopic (exact) mass is 342 g/mol. The Morgan fingerprint density at radius 3 is 3.04 bits per heavy atom. The van der Waals surface area contributed by atoms with Crippen LogP contribution in [-0.4, -0.2) is 29.7 Å². The fourth-order valence-electron chi connectivity index (χ4n) is 3.39. The molecule has 126 valence electrons. The minimum absolute atomic E-state index is 0.377. The maximum Gasteiger partial charge on any atom is 0.124 e. The Bertz CT molecular complexity index is 709. The number of aliphatic hydroxyl groups excluding tert-OH is 1. The smallest absolute Gasteiger partial charge is 0.124 e. The Balaban J connectivity index is 1.69. The molecule has 1 fully saturated rings. The van der Waals surface area contributed by atoms with Crippen LogP contribution in [-0.2, 0) is 6.54 Å². The van der Waals surface area contributed by atoms with Crippen LogP contribution in [0.2, 0.25) is 0 Å². The Labute approximate surface area is 146 Å². The number of aliphatic hydroxyl groups is 1. The molecule has 2 aromatic rings. The van der Waals surface area contributed by atoms with Gasteiger partial charge in [0.25, 0.3) is 0 Å². The molecule has 1 N–H and O–H groups in total. The third-order valence-electron chi connectivity index (χ3n) is 4.66. The van der Waals surface area contributed by atoms with Crippen molar-refractivity contribution in [2.24, 2.45) is 0 Å². The van der Waals surface area contributed by atoms with Crippen LogP contribution in [0.5, 0.6) is 5.75 Å². The molecule has 24 heavy (non-hydrogen) atoms. The first-order valence-electron chi connectivity index (χ1n) is 8.24. The molecule has 0 amide bonds. The lowest BCUT2D eigenvalue weighted by Crippen LogP contribution is -2.30. The summed E-state index contributed by atoms with van der Waals surface area (Å²) in [5, 5.41) is 21.5. The second-order valence-electron chi connectivity index (χ2n) is 6.17. The summed E-state index contributed by atoms with van der Waals surface area (Å²) in [5.41, 5.74) is 1.70. The van der Waals surface area contributed by atoms with Crippen LogP contribution in [0.15, 0.2) is 35.7 Å². The highest BCUT2D eigenvalue weighted by molar-refractivity contribution is 7.10. The maximum atomic E-state index is 10.4. The fourth-order valence-corrected chi connectivity index (χ4v) is 4.11. The zero-order chi connectivity index (χ0) is 16.9. The number of hydrogen-bond acceptors (Lipinski definition) is 5. The average molecular weight is 342 g/mol. The molecule has 5 heteroatoms. The van der Waals surface area contributed by atoms with Crippen molar-refractivity contribution in [2.75, 3.05) is 13.7 Å².